The SMILES string of the molecule is COc1cc([N+](=O)[O-])c(Cl)cc1-c1ccc(/C=c2\sc3nc4ccccc4n3c2=O)o1. The van der Waals surface area contributed by atoms with Crippen molar-refractivity contribution < 1.29 is 14.1 Å². The molecule has 0 amide bonds. The smallest absolute Gasteiger partial charge is 0.291 e. The standard InChI is InChI=1S/C21H12ClN3O5S/c1-29-18-10-16(25(27)28)13(22)9-12(18)17-7-6-11(30-17)8-19-20(26)24-15-5-3-2-4-14(15)23-21(24)31-19/h2-10H,1H3/b19-8-. The molecule has 0 aliphatic carbocycles. The average molecular weight is 454 g/mol. The molecule has 0 spiro atoms. The number of hydrogen-bond donors (Lipinski definition) is 0. The summed E-state index contributed by atoms with van der Waals surface area (Å²) in [7, 11) is 1.40. The van der Waals surface area contributed by atoms with Crippen LogP contribution in [0.4, 0.5) is 5.69 Å². The third-order valence-electron chi connectivity index (χ3n) is 4.78. The van der Waals surface area contributed by atoms with Crippen molar-refractivity contribution in [3.63, 3.8) is 0 Å². The minimum Gasteiger partial charge on any atom is -0.496 e. The van der Waals surface area contributed by atoms with Gasteiger partial charge in [0, 0.05) is 6.08 Å². The number of nitro benzene ring substituents is 1. The maximum Gasteiger partial charge on any atom is 0.291 e. The van der Waals surface area contributed by atoms with Gasteiger partial charge in [0.15, 0.2) is 4.96 Å². The molecule has 3 aromatic heterocycles. The highest BCUT2D eigenvalue weighted by atomic mass is 35.5. The number of fused-ring (bicyclic) bond motifs is 3. The summed E-state index contributed by atoms with van der Waals surface area (Å²) in [6.07, 6.45) is 1.64. The van der Waals surface area contributed by atoms with Gasteiger partial charge in [-0.1, -0.05) is 35.1 Å². The van der Waals surface area contributed by atoms with Gasteiger partial charge < -0.3 is 9.15 Å². The molecule has 0 radical (unpaired) electrons. The van der Waals surface area contributed by atoms with Gasteiger partial charge in [-0.3, -0.25) is 14.9 Å². The number of halogens is 1. The van der Waals surface area contributed by atoms with Crippen LogP contribution in [0.2, 0.25) is 5.02 Å². The summed E-state index contributed by atoms with van der Waals surface area (Å²) < 4.78 is 13.2. The van der Waals surface area contributed by atoms with Gasteiger partial charge in [0.05, 0.1) is 34.7 Å². The van der Waals surface area contributed by atoms with Crippen LogP contribution in [-0.2, 0) is 0 Å². The molecular weight excluding hydrogens is 442 g/mol. The van der Waals surface area contributed by atoms with Crippen molar-refractivity contribution in [2.75, 3.05) is 7.11 Å². The molecule has 5 rings (SSSR count). The maximum atomic E-state index is 12.9. The number of methoxy groups -OCH3 is 1. The minimum atomic E-state index is -0.581. The summed E-state index contributed by atoms with van der Waals surface area (Å²) in [6.45, 7) is 0. The predicted octanol–water partition coefficient (Wildman–Crippen LogP) is 4.29. The van der Waals surface area contributed by atoms with Crippen LogP contribution in [0.1, 0.15) is 5.76 Å². The molecule has 154 valence electrons. The van der Waals surface area contributed by atoms with Crippen LogP contribution in [0.25, 0.3) is 33.4 Å². The van der Waals surface area contributed by atoms with E-state index in [1.807, 2.05) is 24.3 Å². The minimum absolute atomic E-state index is 0.0315. The summed E-state index contributed by atoms with van der Waals surface area (Å²) in [4.78, 5) is 28.5. The van der Waals surface area contributed by atoms with Gasteiger partial charge in [0.2, 0.25) is 0 Å². The van der Waals surface area contributed by atoms with Gasteiger partial charge in [-0.05, 0) is 30.3 Å². The maximum absolute atomic E-state index is 12.9. The quantitative estimate of drug-likeness (QED) is 0.297. The number of hydrogen-bond acceptors (Lipinski definition) is 7. The average Bonchev–Trinajstić information content (AvgIpc) is 3.43. The number of nitrogens with zero attached hydrogens (tertiary/aromatic N) is 3. The third kappa shape index (κ3) is 3.15. The normalized spacial score (nSPS) is 12.1. The number of imidazole rings is 1. The van der Waals surface area contributed by atoms with Crippen LogP contribution < -0.4 is 14.8 Å². The number of furan rings is 1. The van der Waals surface area contributed by atoms with E-state index in [1.165, 1.54) is 30.6 Å². The van der Waals surface area contributed by atoms with Gasteiger partial charge >= 0.3 is 0 Å². The molecule has 0 aliphatic rings. The lowest BCUT2D eigenvalue weighted by Gasteiger charge is -2.07. The monoisotopic (exact) mass is 453 g/mol. The van der Waals surface area contributed by atoms with E-state index >= 15 is 0 Å². The topological polar surface area (TPSA) is 99.9 Å². The van der Waals surface area contributed by atoms with Crippen LogP contribution in [0, 0.1) is 10.1 Å². The van der Waals surface area contributed by atoms with Gasteiger partial charge in [0.1, 0.15) is 26.8 Å². The van der Waals surface area contributed by atoms with E-state index in [0.29, 0.717) is 26.6 Å². The Bertz CT molecular complexity index is 1600. The first-order chi connectivity index (χ1) is 15.0. The Morgan fingerprint density at radius 3 is 2.84 bits per heavy atom. The van der Waals surface area contributed by atoms with E-state index in [1.54, 1.807) is 22.6 Å². The number of ether oxygens (including phenoxy) is 1. The lowest BCUT2D eigenvalue weighted by Crippen LogP contribution is -2.22. The van der Waals surface area contributed by atoms with Crippen molar-refractivity contribution in [1.29, 1.82) is 0 Å². The van der Waals surface area contributed by atoms with Crippen molar-refractivity contribution in [3.05, 3.63) is 84.3 Å². The molecule has 0 aliphatic heterocycles. The molecule has 0 saturated carbocycles. The van der Waals surface area contributed by atoms with Crippen molar-refractivity contribution in [2.24, 2.45) is 0 Å². The number of para-hydroxylation sites is 2. The highest BCUT2D eigenvalue weighted by Gasteiger charge is 2.20. The predicted molar refractivity (Wildman–Crippen MR) is 118 cm³/mol. The third-order valence-corrected chi connectivity index (χ3v) is 6.05. The van der Waals surface area contributed by atoms with Crippen molar-refractivity contribution >= 4 is 50.7 Å². The second kappa shape index (κ2) is 7.22. The van der Waals surface area contributed by atoms with Crippen LogP contribution in [0.15, 0.2) is 57.7 Å². The Balaban J connectivity index is 1.60. The van der Waals surface area contributed by atoms with Gasteiger partial charge in [-0.15, -0.1) is 0 Å². The van der Waals surface area contributed by atoms with E-state index in [2.05, 4.69) is 4.98 Å². The van der Waals surface area contributed by atoms with E-state index in [9.17, 15) is 14.9 Å². The highest BCUT2D eigenvalue weighted by molar-refractivity contribution is 7.15. The van der Waals surface area contributed by atoms with Gasteiger partial charge in [-0.25, -0.2) is 9.38 Å². The number of thiazole rings is 1. The second-order valence-electron chi connectivity index (χ2n) is 6.60. The number of benzene rings is 2. The summed E-state index contributed by atoms with van der Waals surface area (Å²) in [5.74, 6) is 1.10. The van der Waals surface area contributed by atoms with E-state index in [-0.39, 0.29) is 22.0 Å². The molecule has 31 heavy (non-hydrogen) atoms. The van der Waals surface area contributed by atoms with Gasteiger partial charge in [-0.2, -0.15) is 0 Å². The first-order valence-corrected chi connectivity index (χ1v) is 10.2. The second-order valence-corrected chi connectivity index (χ2v) is 8.01. The molecule has 8 nitrogen and oxygen atoms in total. The van der Waals surface area contributed by atoms with Crippen LogP contribution in [-0.4, -0.2) is 21.4 Å². The number of aromatic nitrogens is 2. The van der Waals surface area contributed by atoms with E-state index in [4.69, 9.17) is 20.8 Å². The van der Waals surface area contributed by atoms with Crippen molar-refractivity contribution in [3.8, 4) is 17.1 Å². The lowest BCUT2D eigenvalue weighted by atomic mass is 10.1. The first kappa shape index (κ1) is 19.3. The summed E-state index contributed by atoms with van der Waals surface area (Å²) in [5.41, 5.74) is 1.55. The Morgan fingerprint density at radius 2 is 2.06 bits per heavy atom. The van der Waals surface area contributed by atoms with E-state index < -0.39 is 4.92 Å². The Hall–Kier alpha value is -3.69. The molecule has 3 heterocycles. The van der Waals surface area contributed by atoms with E-state index in [0.717, 1.165) is 11.0 Å². The highest BCUT2D eigenvalue weighted by Crippen LogP contribution is 2.39. The number of rotatable bonds is 4. The Labute approximate surface area is 182 Å². The fourth-order valence-corrected chi connectivity index (χ4v) is 4.56. The zero-order valence-electron chi connectivity index (χ0n) is 15.9. The molecule has 0 unspecified atom stereocenters. The zero-order valence-corrected chi connectivity index (χ0v) is 17.4. The summed E-state index contributed by atoms with van der Waals surface area (Å²) in [5, 5.41) is 11.1. The van der Waals surface area contributed by atoms with Crippen molar-refractivity contribution in [2.45, 2.75) is 0 Å². The fraction of sp³-hybridized carbons (Fsp3) is 0.0476. The number of nitro groups is 1. The summed E-state index contributed by atoms with van der Waals surface area (Å²) >= 11 is 7.31. The molecule has 0 atom stereocenters. The molecule has 0 saturated heterocycles. The van der Waals surface area contributed by atoms with Crippen LogP contribution in [0.5, 0.6) is 5.75 Å². The Morgan fingerprint density at radius 1 is 1.26 bits per heavy atom. The lowest BCUT2D eigenvalue weighted by molar-refractivity contribution is -0.384. The van der Waals surface area contributed by atoms with Crippen LogP contribution in [0.3, 0.4) is 0 Å². The molecule has 5 aromatic rings. The largest absolute Gasteiger partial charge is 0.496 e. The van der Waals surface area contributed by atoms with Crippen LogP contribution >= 0.6 is 22.9 Å². The molecule has 0 N–H and O–H groups in total. The Kier molecular flexibility index (Phi) is 4.49. The molecule has 10 heteroatoms. The van der Waals surface area contributed by atoms with Gasteiger partial charge in [0.25, 0.3) is 11.2 Å². The molecule has 0 bridgehead atoms. The summed E-state index contributed by atoms with van der Waals surface area (Å²) in [6, 6.07) is 13.5. The molecule has 2 aromatic carbocycles. The molecular formula is C21H12ClN3O5S. The fourth-order valence-electron chi connectivity index (χ4n) is 3.36. The molecule has 0 fully saturated rings. The zero-order chi connectivity index (χ0) is 21.7. The first-order valence-electron chi connectivity index (χ1n) is 9.00. The van der Waals surface area contributed by atoms with Crippen molar-refractivity contribution in [1.82, 2.24) is 9.38 Å².